The van der Waals surface area contributed by atoms with E-state index in [0.717, 1.165) is 0 Å². The van der Waals surface area contributed by atoms with Crippen molar-refractivity contribution < 1.29 is 14.3 Å². The monoisotopic (exact) mass is 451 g/mol. The van der Waals surface area contributed by atoms with Gasteiger partial charge in [-0.25, -0.2) is 0 Å². The van der Waals surface area contributed by atoms with E-state index in [2.05, 4.69) is 0 Å². The van der Waals surface area contributed by atoms with Gasteiger partial charge in [0.05, 0.1) is 6.61 Å². The summed E-state index contributed by atoms with van der Waals surface area (Å²) in [5.74, 6) is 0.654. The van der Waals surface area contributed by atoms with E-state index >= 15 is 0 Å². The molecule has 0 spiro atoms. The van der Waals surface area contributed by atoms with Crippen LogP contribution >= 0.6 is 23.2 Å². The van der Waals surface area contributed by atoms with Gasteiger partial charge in [0, 0.05) is 21.2 Å². The van der Waals surface area contributed by atoms with Crippen LogP contribution in [0.4, 0.5) is 0 Å². The predicted octanol–water partition coefficient (Wildman–Crippen LogP) is 6.76. The van der Waals surface area contributed by atoms with E-state index in [1.165, 1.54) is 6.08 Å². The van der Waals surface area contributed by atoms with E-state index in [9.17, 15) is 10.1 Å². The first-order valence-electron chi connectivity index (χ1n) is 9.57. The molecular formula is C25H19Cl2NO3. The number of hydrogen-bond donors (Lipinski definition) is 0. The maximum absolute atomic E-state index is 12.6. The molecule has 0 aromatic heterocycles. The fourth-order valence-corrected chi connectivity index (χ4v) is 3.39. The van der Waals surface area contributed by atoms with Crippen molar-refractivity contribution in [3.8, 4) is 17.6 Å². The molecule has 0 N–H and O–H groups in total. The summed E-state index contributed by atoms with van der Waals surface area (Å²) in [7, 11) is 0. The molecule has 0 atom stereocenters. The maximum Gasteiger partial charge on any atom is 0.203 e. The quantitative estimate of drug-likeness (QED) is 0.215. The van der Waals surface area contributed by atoms with Crippen molar-refractivity contribution in [2.75, 3.05) is 6.61 Å². The largest absolute Gasteiger partial charge is 0.490 e. The number of ketones is 1. The summed E-state index contributed by atoms with van der Waals surface area (Å²) in [4.78, 5) is 12.6. The van der Waals surface area contributed by atoms with Crippen LogP contribution in [0.15, 0.2) is 72.3 Å². The third kappa shape index (κ3) is 5.67. The molecule has 3 aromatic carbocycles. The van der Waals surface area contributed by atoms with Crippen molar-refractivity contribution in [1.82, 2.24) is 0 Å². The molecule has 4 nitrogen and oxygen atoms in total. The molecule has 0 aliphatic rings. The molecule has 0 heterocycles. The van der Waals surface area contributed by atoms with Gasteiger partial charge in [0.15, 0.2) is 11.5 Å². The van der Waals surface area contributed by atoms with Crippen LogP contribution < -0.4 is 9.47 Å². The summed E-state index contributed by atoms with van der Waals surface area (Å²) in [6.45, 7) is 2.45. The molecule has 0 aliphatic heterocycles. The number of rotatable bonds is 8. The molecule has 3 rings (SSSR count). The highest BCUT2D eigenvalue weighted by Crippen LogP contribution is 2.32. The van der Waals surface area contributed by atoms with Crippen LogP contribution in [0.25, 0.3) is 6.08 Å². The first-order valence-corrected chi connectivity index (χ1v) is 10.3. The number of nitriles is 1. The van der Waals surface area contributed by atoms with E-state index in [-0.39, 0.29) is 18.0 Å². The Morgan fingerprint density at radius 1 is 0.968 bits per heavy atom. The number of halogens is 2. The Morgan fingerprint density at radius 3 is 2.32 bits per heavy atom. The average molecular weight is 452 g/mol. The van der Waals surface area contributed by atoms with Gasteiger partial charge in [-0.3, -0.25) is 4.79 Å². The van der Waals surface area contributed by atoms with Gasteiger partial charge in [0.1, 0.15) is 18.2 Å². The Labute approximate surface area is 191 Å². The summed E-state index contributed by atoms with van der Waals surface area (Å²) in [6, 6.07) is 21.1. The zero-order valence-corrected chi connectivity index (χ0v) is 18.3. The van der Waals surface area contributed by atoms with Crippen LogP contribution in [0.2, 0.25) is 10.0 Å². The molecule has 156 valence electrons. The molecular weight excluding hydrogens is 433 g/mol. The number of hydrogen-bond acceptors (Lipinski definition) is 4. The van der Waals surface area contributed by atoms with E-state index in [0.29, 0.717) is 44.8 Å². The Bertz CT molecular complexity index is 1130. The van der Waals surface area contributed by atoms with Crippen molar-refractivity contribution in [3.05, 3.63) is 99.0 Å². The van der Waals surface area contributed by atoms with Gasteiger partial charge in [-0.15, -0.1) is 0 Å². The highest BCUT2D eigenvalue weighted by atomic mass is 35.5. The van der Waals surface area contributed by atoms with Crippen molar-refractivity contribution in [1.29, 1.82) is 5.26 Å². The molecule has 0 amide bonds. The summed E-state index contributed by atoms with van der Waals surface area (Å²) in [5.41, 5.74) is 1.81. The highest BCUT2D eigenvalue weighted by Gasteiger charge is 2.14. The molecule has 0 radical (unpaired) electrons. The van der Waals surface area contributed by atoms with Crippen LogP contribution in [0.3, 0.4) is 0 Å². The van der Waals surface area contributed by atoms with E-state index < -0.39 is 0 Å². The van der Waals surface area contributed by atoms with Gasteiger partial charge < -0.3 is 9.47 Å². The Balaban J connectivity index is 1.86. The number of allylic oxidation sites excluding steroid dienone is 1. The second-order valence-corrected chi connectivity index (χ2v) is 7.31. The second-order valence-electron chi connectivity index (χ2n) is 6.49. The maximum atomic E-state index is 12.6. The Kier molecular flexibility index (Phi) is 7.72. The van der Waals surface area contributed by atoms with E-state index in [1.807, 2.05) is 19.1 Å². The lowest BCUT2D eigenvalue weighted by molar-refractivity contribution is 0.104. The molecule has 0 aliphatic carbocycles. The fourth-order valence-electron chi connectivity index (χ4n) is 2.88. The van der Waals surface area contributed by atoms with E-state index in [1.54, 1.807) is 60.7 Å². The molecule has 3 aromatic rings. The van der Waals surface area contributed by atoms with Gasteiger partial charge in [-0.2, -0.15) is 5.26 Å². The van der Waals surface area contributed by atoms with Crippen LogP contribution in [0, 0.1) is 11.3 Å². The SMILES string of the molecule is CCOc1cc(/C=C(\C#N)C(=O)c2ccccc2)ccc1OCc1c(Cl)cccc1Cl. The van der Waals surface area contributed by atoms with Crippen LogP contribution in [0.1, 0.15) is 28.4 Å². The third-order valence-corrected chi connectivity index (χ3v) is 5.12. The predicted molar refractivity (Wildman–Crippen MR) is 123 cm³/mol. The minimum atomic E-state index is -0.338. The standard InChI is InChI=1S/C25H19Cl2NO3/c1-2-30-24-14-17(13-19(15-28)25(29)18-7-4-3-5-8-18)11-12-23(24)31-16-20-21(26)9-6-10-22(20)27/h3-14H,2,16H2,1H3/b19-13+. The molecule has 0 unspecified atom stereocenters. The topological polar surface area (TPSA) is 59.3 Å². The summed E-state index contributed by atoms with van der Waals surface area (Å²) in [6.07, 6.45) is 1.53. The fraction of sp³-hybridized carbons (Fsp3) is 0.120. The van der Waals surface area contributed by atoms with Crippen LogP contribution in [-0.4, -0.2) is 12.4 Å². The van der Waals surface area contributed by atoms with Gasteiger partial charge in [0.2, 0.25) is 5.78 Å². The molecule has 0 saturated heterocycles. The highest BCUT2D eigenvalue weighted by molar-refractivity contribution is 6.35. The van der Waals surface area contributed by atoms with Gasteiger partial charge in [0.25, 0.3) is 0 Å². The second kappa shape index (κ2) is 10.7. The Morgan fingerprint density at radius 2 is 1.68 bits per heavy atom. The lowest BCUT2D eigenvalue weighted by Gasteiger charge is -2.14. The number of ether oxygens (including phenoxy) is 2. The smallest absolute Gasteiger partial charge is 0.203 e. The number of nitrogens with zero attached hydrogens (tertiary/aromatic N) is 1. The van der Waals surface area contributed by atoms with Crippen LogP contribution in [-0.2, 0) is 6.61 Å². The minimum Gasteiger partial charge on any atom is -0.490 e. The zero-order valence-electron chi connectivity index (χ0n) is 16.8. The average Bonchev–Trinajstić information content (AvgIpc) is 2.78. The first kappa shape index (κ1) is 22.4. The lowest BCUT2D eigenvalue weighted by Crippen LogP contribution is -2.02. The summed E-state index contributed by atoms with van der Waals surface area (Å²) >= 11 is 12.4. The molecule has 6 heteroatoms. The number of Topliss-reactive ketones (excluding diaryl/α,β-unsaturated/α-hetero) is 1. The lowest BCUT2D eigenvalue weighted by atomic mass is 10.0. The zero-order chi connectivity index (χ0) is 22.2. The molecule has 0 bridgehead atoms. The van der Waals surface area contributed by atoms with Crippen molar-refractivity contribution >= 4 is 35.1 Å². The normalized spacial score (nSPS) is 11.0. The van der Waals surface area contributed by atoms with Gasteiger partial charge >= 0.3 is 0 Å². The van der Waals surface area contributed by atoms with Crippen molar-refractivity contribution in [2.45, 2.75) is 13.5 Å². The van der Waals surface area contributed by atoms with Gasteiger partial charge in [-0.1, -0.05) is 65.7 Å². The van der Waals surface area contributed by atoms with Crippen LogP contribution in [0.5, 0.6) is 11.5 Å². The Hall–Kier alpha value is -3.26. The van der Waals surface area contributed by atoms with Crippen molar-refractivity contribution in [3.63, 3.8) is 0 Å². The number of benzene rings is 3. The molecule has 31 heavy (non-hydrogen) atoms. The first-order chi connectivity index (χ1) is 15.0. The number of carbonyl (C=O) groups is 1. The summed E-state index contributed by atoms with van der Waals surface area (Å²) in [5, 5.41) is 10.5. The summed E-state index contributed by atoms with van der Waals surface area (Å²) < 4.78 is 11.6. The molecule has 0 saturated carbocycles. The van der Waals surface area contributed by atoms with E-state index in [4.69, 9.17) is 32.7 Å². The molecule has 0 fully saturated rings. The minimum absolute atomic E-state index is 0.0326. The number of carbonyl (C=O) groups excluding carboxylic acids is 1. The third-order valence-electron chi connectivity index (χ3n) is 4.41. The van der Waals surface area contributed by atoms with Crippen molar-refractivity contribution in [2.24, 2.45) is 0 Å². The van der Waals surface area contributed by atoms with Gasteiger partial charge in [-0.05, 0) is 42.8 Å².